The van der Waals surface area contributed by atoms with Gasteiger partial charge in [0.15, 0.2) is 0 Å². The first-order valence-electron chi connectivity index (χ1n) is 7.13. The molecular formula is C15H24N2O2. The molecule has 1 atom stereocenters. The Balaban J connectivity index is 2.21. The van der Waals surface area contributed by atoms with Crippen molar-refractivity contribution in [3.05, 3.63) is 18.2 Å². The van der Waals surface area contributed by atoms with Crippen LogP contribution in [0.2, 0.25) is 0 Å². The number of ether oxygens (including phenoxy) is 2. The molecule has 0 amide bonds. The molecule has 0 radical (unpaired) electrons. The Bertz CT molecular complexity index is 409. The smallest absolute Gasteiger partial charge is 0.142 e. The van der Waals surface area contributed by atoms with Gasteiger partial charge in [-0.15, -0.1) is 0 Å². The minimum absolute atomic E-state index is 0.588. The summed E-state index contributed by atoms with van der Waals surface area (Å²) < 4.78 is 11.3. The van der Waals surface area contributed by atoms with Gasteiger partial charge in [0, 0.05) is 19.2 Å². The monoisotopic (exact) mass is 264 g/mol. The van der Waals surface area contributed by atoms with E-state index in [-0.39, 0.29) is 0 Å². The van der Waals surface area contributed by atoms with Crippen LogP contribution in [0.1, 0.15) is 20.3 Å². The normalized spacial score (nSPS) is 18.7. The minimum Gasteiger partial charge on any atom is -0.494 e. The van der Waals surface area contributed by atoms with Crippen molar-refractivity contribution in [1.29, 1.82) is 0 Å². The predicted octanol–water partition coefficient (Wildman–Crippen LogP) is 2.27. The van der Waals surface area contributed by atoms with Crippen molar-refractivity contribution in [2.45, 2.75) is 20.3 Å². The second kappa shape index (κ2) is 6.66. The first-order chi connectivity index (χ1) is 9.28. The average Bonchev–Trinajstić information content (AvgIpc) is 2.90. The Morgan fingerprint density at radius 2 is 2.05 bits per heavy atom. The Kier molecular flexibility index (Phi) is 4.91. The topological polar surface area (TPSA) is 47.7 Å². The van der Waals surface area contributed by atoms with Crippen molar-refractivity contribution in [2.24, 2.45) is 11.7 Å². The van der Waals surface area contributed by atoms with Gasteiger partial charge in [0.1, 0.15) is 11.5 Å². The van der Waals surface area contributed by atoms with Crippen molar-refractivity contribution in [3.8, 4) is 11.5 Å². The highest BCUT2D eigenvalue weighted by Crippen LogP contribution is 2.35. The number of rotatable bonds is 6. The van der Waals surface area contributed by atoms with Gasteiger partial charge in [0.2, 0.25) is 0 Å². The van der Waals surface area contributed by atoms with Gasteiger partial charge in [-0.05, 0) is 44.9 Å². The number of hydrogen-bond donors (Lipinski definition) is 1. The summed E-state index contributed by atoms with van der Waals surface area (Å²) in [6.07, 6.45) is 1.15. The van der Waals surface area contributed by atoms with Gasteiger partial charge >= 0.3 is 0 Å². The number of nitrogens with zero attached hydrogens (tertiary/aromatic N) is 1. The molecule has 2 rings (SSSR count). The molecule has 0 bridgehead atoms. The van der Waals surface area contributed by atoms with Crippen molar-refractivity contribution < 1.29 is 9.47 Å². The van der Waals surface area contributed by atoms with Crippen LogP contribution in [0.15, 0.2) is 18.2 Å². The highest BCUT2D eigenvalue weighted by atomic mass is 16.5. The fourth-order valence-corrected chi connectivity index (χ4v) is 2.52. The summed E-state index contributed by atoms with van der Waals surface area (Å²) in [5.41, 5.74) is 6.89. The molecule has 0 saturated carbocycles. The SMILES string of the molecule is CCOc1ccc(OCC)c(N2CCC(CN)C2)c1. The van der Waals surface area contributed by atoms with Crippen molar-refractivity contribution >= 4 is 5.69 Å². The molecular weight excluding hydrogens is 240 g/mol. The fourth-order valence-electron chi connectivity index (χ4n) is 2.52. The number of anilines is 1. The standard InChI is InChI=1S/C15H24N2O2/c1-3-18-13-5-6-15(19-4-2)14(9-13)17-8-7-12(10-16)11-17/h5-6,9,12H,3-4,7-8,10-11,16H2,1-2H3. The maximum absolute atomic E-state index is 5.77. The lowest BCUT2D eigenvalue weighted by Gasteiger charge is -2.22. The van der Waals surface area contributed by atoms with Crippen LogP contribution in [0, 0.1) is 5.92 Å². The molecule has 1 heterocycles. The van der Waals surface area contributed by atoms with Gasteiger partial charge < -0.3 is 20.1 Å². The van der Waals surface area contributed by atoms with E-state index in [1.54, 1.807) is 0 Å². The fraction of sp³-hybridized carbons (Fsp3) is 0.600. The summed E-state index contributed by atoms with van der Waals surface area (Å²) in [4.78, 5) is 2.35. The first kappa shape index (κ1) is 14.0. The van der Waals surface area contributed by atoms with E-state index in [0.29, 0.717) is 19.1 Å². The molecule has 1 unspecified atom stereocenters. The van der Waals surface area contributed by atoms with Crippen LogP contribution in [0.5, 0.6) is 11.5 Å². The van der Waals surface area contributed by atoms with Crippen LogP contribution in [0.25, 0.3) is 0 Å². The Morgan fingerprint density at radius 3 is 2.68 bits per heavy atom. The molecule has 2 N–H and O–H groups in total. The zero-order valence-corrected chi connectivity index (χ0v) is 11.9. The molecule has 1 fully saturated rings. The third kappa shape index (κ3) is 3.32. The lowest BCUT2D eigenvalue weighted by molar-refractivity contribution is 0.331. The molecule has 0 spiro atoms. The average molecular weight is 264 g/mol. The van der Waals surface area contributed by atoms with Gasteiger partial charge in [0.25, 0.3) is 0 Å². The van der Waals surface area contributed by atoms with E-state index >= 15 is 0 Å². The quantitative estimate of drug-likeness (QED) is 0.856. The summed E-state index contributed by atoms with van der Waals surface area (Å²) in [5.74, 6) is 2.42. The van der Waals surface area contributed by atoms with E-state index in [0.717, 1.165) is 43.2 Å². The van der Waals surface area contributed by atoms with E-state index in [2.05, 4.69) is 11.0 Å². The first-order valence-corrected chi connectivity index (χ1v) is 7.13. The number of benzene rings is 1. The molecule has 1 aromatic carbocycles. The number of nitrogens with two attached hydrogens (primary N) is 1. The van der Waals surface area contributed by atoms with Gasteiger partial charge in [-0.25, -0.2) is 0 Å². The Morgan fingerprint density at radius 1 is 1.26 bits per heavy atom. The summed E-state index contributed by atoms with van der Waals surface area (Å²) in [6, 6.07) is 6.04. The van der Waals surface area contributed by atoms with Crippen molar-refractivity contribution in [2.75, 3.05) is 37.7 Å². The lowest BCUT2D eigenvalue weighted by atomic mass is 10.1. The molecule has 4 heteroatoms. The highest BCUT2D eigenvalue weighted by molar-refractivity contribution is 5.62. The molecule has 1 saturated heterocycles. The number of hydrogen-bond acceptors (Lipinski definition) is 4. The lowest BCUT2D eigenvalue weighted by Crippen LogP contribution is -2.23. The second-order valence-corrected chi connectivity index (χ2v) is 4.83. The molecule has 0 aromatic heterocycles. The van der Waals surface area contributed by atoms with E-state index in [4.69, 9.17) is 15.2 Å². The second-order valence-electron chi connectivity index (χ2n) is 4.83. The third-order valence-corrected chi connectivity index (χ3v) is 3.50. The van der Waals surface area contributed by atoms with Gasteiger partial charge in [-0.2, -0.15) is 0 Å². The van der Waals surface area contributed by atoms with Crippen LogP contribution >= 0.6 is 0 Å². The van der Waals surface area contributed by atoms with E-state index in [9.17, 15) is 0 Å². The maximum Gasteiger partial charge on any atom is 0.142 e. The Hall–Kier alpha value is -1.42. The van der Waals surface area contributed by atoms with Gasteiger partial charge in [-0.1, -0.05) is 0 Å². The van der Waals surface area contributed by atoms with Crippen LogP contribution in [0.4, 0.5) is 5.69 Å². The largest absolute Gasteiger partial charge is 0.494 e. The molecule has 1 aliphatic rings. The summed E-state index contributed by atoms with van der Waals surface area (Å²) in [5, 5.41) is 0. The zero-order chi connectivity index (χ0) is 13.7. The molecule has 1 aliphatic heterocycles. The molecule has 0 aliphatic carbocycles. The van der Waals surface area contributed by atoms with Crippen molar-refractivity contribution in [1.82, 2.24) is 0 Å². The maximum atomic E-state index is 5.77. The zero-order valence-electron chi connectivity index (χ0n) is 11.9. The van der Waals surface area contributed by atoms with Crippen LogP contribution in [0.3, 0.4) is 0 Å². The highest BCUT2D eigenvalue weighted by Gasteiger charge is 2.24. The predicted molar refractivity (Wildman–Crippen MR) is 78.2 cm³/mol. The third-order valence-electron chi connectivity index (χ3n) is 3.50. The van der Waals surface area contributed by atoms with E-state index in [1.807, 2.05) is 26.0 Å². The van der Waals surface area contributed by atoms with Crippen LogP contribution < -0.4 is 20.1 Å². The minimum atomic E-state index is 0.588. The molecule has 19 heavy (non-hydrogen) atoms. The van der Waals surface area contributed by atoms with E-state index < -0.39 is 0 Å². The molecule has 1 aromatic rings. The van der Waals surface area contributed by atoms with Gasteiger partial charge in [0.05, 0.1) is 18.9 Å². The molecule has 4 nitrogen and oxygen atoms in total. The van der Waals surface area contributed by atoms with Crippen molar-refractivity contribution in [3.63, 3.8) is 0 Å². The van der Waals surface area contributed by atoms with E-state index in [1.165, 1.54) is 0 Å². The Labute approximate surface area is 115 Å². The summed E-state index contributed by atoms with van der Waals surface area (Å²) in [7, 11) is 0. The summed E-state index contributed by atoms with van der Waals surface area (Å²) >= 11 is 0. The summed E-state index contributed by atoms with van der Waals surface area (Å²) in [6.45, 7) is 8.16. The molecule has 106 valence electrons. The van der Waals surface area contributed by atoms with Crippen LogP contribution in [-0.4, -0.2) is 32.8 Å². The van der Waals surface area contributed by atoms with Crippen LogP contribution in [-0.2, 0) is 0 Å². The van der Waals surface area contributed by atoms with Gasteiger partial charge in [-0.3, -0.25) is 0 Å².